The zero-order chi connectivity index (χ0) is 14.8. The van der Waals surface area contributed by atoms with Crippen molar-refractivity contribution in [3.8, 4) is 0 Å². The highest BCUT2D eigenvalue weighted by molar-refractivity contribution is 9.10. The largest absolute Gasteiger partial charge is 0.355 e. The van der Waals surface area contributed by atoms with E-state index in [0.29, 0.717) is 19.4 Å². The molecule has 0 saturated heterocycles. The summed E-state index contributed by atoms with van der Waals surface area (Å²) in [7, 11) is 0. The van der Waals surface area contributed by atoms with Crippen molar-refractivity contribution in [3.05, 3.63) is 28.2 Å². The molecule has 0 aliphatic heterocycles. The molecule has 2 N–H and O–H groups in total. The monoisotopic (exact) mass is 338 g/mol. The van der Waals surface area contributed by atoms with Crippen LogP contribution in [-0.4, -0.2) is 18.4 Å². The minimum atomic E-state index is -0.852. The van der Waals surface area contributed by atoms with Crippen LogP contribution in [-0.2, 0) is 9.59 Å². The van der Waals surface area contributed by atoms with Crippen LogP contribution >= 0.6 is 15.9 Å². The summed E-state index contributed by atoms with van der Waals surface area (Å²) < 4.78 is 0.967. The molecule has 4 nitrogen and oxygen atoms in total. The van der Waals surface area contributed by atoms with Crippen LogP contribution in [0.25, 0.3) is 0 Å². The SMILES string of the molecule is CCCNC(=O)C1(C(=O)Nc2ccc(Br)cc2C)CC1. The van der Waals surface area contributed by atoms with Crippen molar-refractivity contribution in [3.63, 3.8) is 0 Å². The van der Waals surface area contributed by atoms with Gasteiger partial charge < -0.3 is 10.6 Å². The van der Waals surface area contributed by atoms with Crippen molar-refractivity contribution < 1.29 is 9.59 Å². The number of carbonyl (C=O) groups excluding carboxylic acids is 2. The van der Waals surface area contributed by atoms with Crippen molar-refractivity contribution in [1.82, 2.24) is 5.32 Å². The van der Waals surface area contributed by atoms with Crippen LogP contribution in [0, 0.1) is 12.3 Å². The van der Waals surface area contributed by atoms with Gasteiger partial charge in [0.15, 0.2) is 0 Å². The molecule has 0 heterocycles. The third kappa shape index (κ3) is 3.03. The number of aryl methyl sites for hydroxylation is 1. The summed E-state index contributed by atoms with van der Waals surface area (Å²) in [4.78, 5) is 24.4. The number of carbonyl (C=O) groups is 2. The molecule has 5 heteroatoms. The predicted molar refractivity (Wildman–Crippen MR) is 82.5 cm³/mol. The second kappa shape index (κ2) is 5.95. The number of benzene rings is 1. The van der Waals surface area contributed by atoms with E-state index in [1.165, 1.54) is 0 Å². The van der Waals surface area contributed by atoms with Gasteiger partial charge in [0, 0.05) is 16.7 Å². The molecule has 1 aromatic carbocycles. The third-order valence-corrected chi connectivity index (χ3v) is 4.08. The molecule has 1 fully saturated rings. The Morgan fingerprint density at radius 2 is 2.00 bits per heavy atom. The van der Waals surface area contributed by atoms with Crippen LogP contribution in [0.3, 0.4) is 0 Å². The maximum Gasteiger partial charge on any atom is 0.240 e. The predicted octanol–water partition coefficient (Wildman–Crippen LogP) is 3.00. The van der Waals surface area contributed by atoms with Crippen molar-refractivity contribution >= 4 is 33.4 Å². The fourth-order valence-electron chi connectivity index (χ4n) is 2.10. The average molecular weight is 339 g/mol. The van der Waals surface area contributed by atoms with E-state index in [4.69, 9.17) is 0 Å². The highest BCUT2D eigenvalue weighted by Gasteiger charge is 2.56. The van der Waals surface area contributed by atoms with Gasteiger partial charge in [0.25, 0.3) is 0 Å². The second-order valence-electron chi connectivity index (χ2n) is 5.25. The van der Waals surface area contributed by atoms with Crippen LogP contribution in [0.2, 0.25) is 0 Å². The number of anilines is 1. The number of hydrogen-bond acceptors (Lipinski definition) is 2. The molecule has 0 spiro atoms. The molecule has 0 bridgehead atoms. The molecule has 20 heavy (non-hydrogen) atoms. The minimum Gasteiger partial charge on any atom is -0.355 e. The first kappa shape index (κ1) is 15.0. The first-order chi connectivity index (χ1) is 9.49. The van der Waals surface area contributed by atoms with Crippen LogP contribution in [0.5, 0.6) is 0 Å². The fraction of sp³-hybridized carbons (Fsp3) is 0.467. The van der Waals surface area contributed by atoms with Gasteiger partial charge in [0.1, 0.15) is 5.41 Å². The standard InChI is InChI=1S/C15H19BrN2O2/c1-3-8-17-13(19)15(6-7-15)14(20)18-12-5-4-11(16)9-10(12)2/h4-5,9H,3,6-8H2,1-2H3,(H,17,19)(H,18,20). The minimum absolute atomic E-state index is 0.147. The van der Waals surface area contributed by atoms with Gasteiger partial charge in [-0.1, -0.05) is 22.9 Å². The Kier molecular flexibility index (Phi) is 4.48. The summed E-state index contributed by atoms with van der Waals surface area (Å²) >= 11 is 3.39. The second-order valence-corrected chi connectivity index (χ2v) is 6.17. The Hall–Kier alpha value is -1.36. The van der Waals surface area contributed by atoms with Crippen LogP contribution in [0.15, 0.2) is 22.7 Å². The van der Waals surface area contributed by atoms with Gasteiger partial charge >= 0.3 is 0 Å². The summed E-state index contributed by atoms with van der Waals surface area (Å²) in [6, 6.07) is 5.66. The first-order valence-corrected chi connectivity index (χ1v) is 7.65. The Balaban J connectivity index is 2.06. The fourth-order valence-corrected chi connectivity index (χ4v) is 2.57. The van der Waals surface area contributed by atoms with E-state index in [9.17, 15) is 9.59 Å². The lowest BCUT2D eigenvalue weighted by Gasteiger charge is -2.16. The van der Waals surface area contributed by atoms with E-state index in [1.54, 1.807) is 0 Å². The highest BCUT2D eigenvalue weighted by atomic mass is 79.9. The lowest BCUT2D eigenvalue weighted by Crippen LogP contribution is -2.40. The first-order valence-electron chi connectivity index (χ1n) is 6.85. The van der Waals surface area contributed by atoms with E-state index in [2.05, 4.69) is 26.6 Å². The normalized spacial score (nSPS) is 15.6. The molecule has 108 valence electrons. The quantitative estimate of drug-likeness (QED) is 0.811. The molecule has 2 rings (SSSR count). The van der Waals surface area contributed by atoms with Gasteiger partial charge in [-0.2, -0.15) is 0 Å². The molecule has 1 aliphatic carbocycles. The van der Waals surface area contributed by atoms with Crippen molar-refractivity contribution in [2.75, 3.05) is 11.9 Å². The molecular weight excluding hydrogens is 320 g/mol. The van der Waals surface area contributed by atoms with E-state index in [1.807, 2.05) is 32.0 Å². The summed E-state index contributed by atoms with van der Waals surface area (Å²) in [6.45, 7) is 4.54. The van der Waals surface area contributed by atoms with Gasteiger partial charge in [-0.05, 0) is 49.9 Å². The summed E-state index contributed by atoms with van der Waals surface area (Å²) in [5, 5.41) is 5.70. The van der Waals surface area contributed by atoms with Gasteiger partial charge in [0.2, 0.25) is 11.8 Å². The molecular formula is C15H19BrN2O2. The summed E-state index contributed by atoms with van der Waals surface area (Å²) in [5.41, 5.74) is 0.875. The van der Waals surface area contributed by atoms with Crippen LogP contribution < -0.4 is 10.6 Å². The van der Waals surface area contributed by atoms with Crippen molar-refractivity contribution in [2.45, 2.75) is 33.1 Å². The van der Waals surface area contributed by atoms with Crippen molar-refractivity contribution in [2.24, 2.45) is 5.41 Å². The molecule has 1 saturated carbocycles. The zero-order valence-corrected chi connectivity index (χ0v) is 13.3. The van der Waals surface area contributed by atoms with Crippen LogP contribution in [0.4, 0.5) is 5.69 Å². The molecule has 2 amide bonds. The lowest BCUT2D eigenvalue weighted by atomic mass is 10.0. The summed E-state index contributed by atoms with van der Waals surface area (Å²) in [5.74, 6) is -0.344. The number of rotatable bonds is 5. The molecule has 0 radical (unpaired) electrons. The molecule has 0 atom stereocenters. The zero-order valence-electron chi connectivity index (χ0n) is 11.8. The Bertz CT molecular complexity index is 539. The maximum absolute atomic E-state index is 12.4. The van der Waals surface area contributed by atoms with E-state index in [0.717, 1.165) is 22.1 Å². The van der Waals surface area contributed by atoms with Gasteiger partial charge in [-0.15, -0.1) is 0 Å². The number of hydrogen-bond donors (Lipinski definition) is 2. The van der Waals surface area contributed by atoms with E-state index >= 15 is 0 Å². The van der Waals surface area contributed by atoms with E-state index < -0.39 is 5.41 Å². The Morgan fingerprint density at radius 3 is 2.55 bits per heavy atom. The van der Waals surface area contributed by atoms with Gasteiger partial charge in [-0.3, -0.25) is 9.59 Å². The third-order valence-electron chi connectivity index (χ3n) is 3.59. The van der Waals surface area contributed by atoms with Crippen molar-refractivity contribution in [1.29, 1.82) is 0 Å². The highest BCUT2D eigenvalue weighted by Crippen LogP contribution is 2.47. The maximum atomic E-state index is 12.4. The number of amides is 2. The molecule has 1 aromatic rings. The number of halogens is 1. The topological polar surface area (TPSA) is 58.2 Å². The summed E-state index contributed by atoms with van der Waals surface area (Å²) in [6.07, 6.45) is 2.13. The molecule has 0 unspecified atom stereocenters. The van der Waals surface area contributed by atoms with Gasteiger partial charge in [0.05, 0.1) is 0 Å². The van der Waals surface area contributed by atoms with E-state index in [-0.39, 0.29) is 11.8 Å². The lowest BCUT2D eigenvalue weighted by molar-refractivity contribution is -0.134. The Labute approximate surface area is 127 Å². The number of nitrogens with one attached hydrogen (secondary N) is 2. The smallest absolute Gasteiger partial charge is 0.240 e. The van der Waals surface area contributed by atoms with Gasteiger partial charge in [-0.25, -0.2) is 0 Å². The average Bonchev–Trinajstić information content (AvgIpc) is 3.20. The van der Waals surface area contributed by atoms with Crippen LogP contribution in [0.1, 0.15) is 31.7 Å². The molecule has 0 aromatic heterocycles. The Morgan fingerprint density at radius 1 is 1.30 bits per heavy atom. The molecule has 1 aliphatic rings.